The van der Waals surface area contributed by atoms with Crippen molar-refractivity contribution >= 4 is 11.6 Å². The molecule has 0 unspecified atom stereocenters. The van der Waals surface area contributed by atoms with E-state index in [9.17, 15) is 0 Å². The molecule has 2 aromatic rings. The molecule has 0 saturated carbocycles. The number of benzene rings is 2. The van der Waals surface area contributed by atoms with Crippen molar-refractivity contribution < 1.29 is 9.47 Å². The standard InChI is InChI=1S/C17H19ClO2/c1-3-19-15-9-5-13(6-10-15)17(18)14-7-11-16(12-8-14)20-4-2/h5-12,17H,3-4H2,1-2H3. The fourth-order valence-corrected chi connectivity index (χ4v) is 2.28. The van der Waals surface area contributed by atoms with E-state index in [1.54, 1.807) is 0 Å². The van der Waals surface area contributed by atoms with Gasteiger partial charge < -0.3 is 9.47 Å². The first-order valence-corrected chi connectivity index (χ1v) is 7.27. The number of alkyl halides is 1. The lowest BCUT2D eigenvalue weighted by Gasteiger charge is -2.12. The number of rotatable bonds is 6. The highest BCUT2D eigenvalue weighted by Crippen LogP contribution is 2.30. The molecule has 0 saturated heterocycles. The van der Waals surface area contributed by atoms with Crippen molar-refractivity contribution in [2.24, 2.45) is 0 Å². The van der Waals surface area contributed by atoms with Crippen LogP contribution in [0.2, 0.25) is 0 Å². The Morgan fingerprint density at radius 2 is 1.10 bits per heavy atom. The van der Waals surface area contributed by atoms with Gasteiger partial charge in [0.2, 0.25) is 0 Å². The van der Waals surface area contributed by atoms with E-state index in [0.29, 0.717) is 13.2 Å². The number of hydrogen-bond acceptors (Lipinski definition) is 2. The van der Waals surface area contributed by atoms with Crippen LogP contribution in [0.4, 0.5) is 0 Å². The lowest BCUT2D eigenvalue weighted by molar-refractivity contribution is 0.340. The summed E-state index contributed by atoms with van der Waals surface area (Å²) in [5.41, 5.74) is 2.11. The predicted molar refractivity (Wildman–Crippen MR) is 82.9 cm³/mol. The van der Waals surface area contributed by atoms with Crippen molar-refractivity contribution in [1.29, 1.82) is 0 Å². The second-order valence-corrected chi connectivity index (χ2v) is 4.80. The summed E-state index contributed by atoms with van der Waals surface area (Å²) in [6.07, 6.45) is 0. The highest BCUT2D eigenvalue weighted by Gasteiger charge is 2.10. The van der Waals surface area contributed by atoms with Crippen molar-refractivity contribution in [3.05, 3.63) is 59.7 Å². The zero-order chi connectivity index (χ0) is 14.4. The lowest BCUT2D eigenvalue weighted by Crippen LogP contribution is -1.96. The van der Waals surface area contributed by atoms with Crippen LogP contribution >= 0.6 is 11.6 Å². The van der Waals surface area contributed by atoms with Crippen molar-refractivity contribution in [2.45, 2.75) is 19.2 Å². The Balaban J connectivity index is 2.11. The van der Waals surface area contributed by atoms with Gasteiger partial charge in [-0.1, -0.05) is 24.3 Å². The van der Waals surface area contributed by atoms with Crippen LogP contribution in [0, 0.1) is 0 Å². The normalized spacial score (nSPS) is 10.6. The molecule has 0 N–H and O–H groups in total. The Hall–Kier alpha value is -1.67. The molecular formula is C17H19ClO2. The average Bonchev–Trinajstić information content (AvgIpc) is 2.49. The van der Waals surface area contributed by atoms with Gasteiger partial charge in [-0.05, 0) is 49.2 Å². The largest absolute Gasteiger partial charge is 0.494 e. The molecule has 2 aromatic carbocycles. The third-order valence-electron chi connectivity index (χ3n) is 2.97. The maximum atomic E-state index is 6.51. The van der Waals surface area contributed by atoms with E-state index < -0.39 is 0 Å². The van der Waals surface area contributed by atoms with Crippen molar-refractivity contribution in [1.82, 2.24) is 0 Å². The van der Waals surface area contributed by atoms with Gasteiger partial charge >= 0.3 is 0 Å². The van der Waals surface area contributed by atoms with Crippen molar-refractivity contribution in [3.8, 4) is 11.5 Å². The molecule has 0 bridgehead atoms. The van der Waals surface area contributed by atoms with E-state index in [4.69, 9.17) is 21.1 Å². The van der Waals surface area contributed by atoms with Crippen molar-refractivity contribution in [2.75, 3.05) is 13.2 Å². The molecule has 0 aromatic heterocycles. The maximum absolute atomic E-state index is 6.51. The van der Waals surface area contributed by atoms with Crippen LogP contribution in [-0.4, -0.2) is 13.2 Å². The van der Waals surface area contributed by atoms with Crippen LogP contribution in [0.3, 0.4) is 0 Å². The first kappa shape index (κ1) is 14.7. The predicted octanol–water partition coefficient (Wildman–Crippen LogP) is 4.81. The highest BCUT2D eigenvalue weighted by molar-refractivity contribution is 6.22. The molecule has 0 spiro atoms. The van der Waals surface area contributed by atoms with E-state index >= 15 is 0 Å². The van der Waals surface area contributed by atoms with Gasteiger partial charge in [-0.15, -0.1) is 11.6 Å². The average molecular weight is 291 g/mol. The van der Waals surface area contributed by atoms with Crippen LogP contribution < -0.4 is 9.47 Å². The van der Waals surface area contributed by atoms with Gasteiger partial charge in [-0.25, -0.2) is 0 Å². The molecule has 0 fully saturated rings. The minimum atomic E-state index is -0.165. The SMILES string of the molecule is CCOc1ccc(C(Cl)c2ccc(OCC)cc2)cc1. The summed E-state index contributed by atoms with van der Waals surface area (Å²) in [5.74, 6) is 1.73. The van der Waals surface area contributed by atoms with Gasteiger partial charge in [-0.2, -0.15) is 0 Å². The van der Waals surface area contributed by atoms with Gasteiger partial charge in [-0.3, -0.25) is 0 Å². The summed E-state index contributed by atoms with van der Waals surface area (Å²) in [4.78, 5) is 0. The van der Waals surface area contributed by atoms with E-state index in [2.05, 4.69) is 0 Å². The summed E-state index contributed by atoms with van der Waals surface area (Å²) in [7, 11) is 0. The summed E-state index contributed by atoms with van der Waals surface area (Å²) < 4.78 is 10.9. The van der Waals surface area contributed by atoms with Crippen LogP contribution in [0.15, 0.2) is 48.5 Å². The number of halogens is 1. The first-order valence-electron chi connectivity index (χ1n) is 6.84. The lowest BCUT2D eigenvalue weighted by atomic mass is 10.0. The Bertz CT molecular complexity index is 470. The molecule has 3 heteroatoms. The van der Waals surface area contributed by atoms with Crippen molar-refractivity contribution in [3.63, 3.8) is 0 Å². The monoisotopic (exact) mass is 290 g/mol. The smallest absolute Gasteiger partial charge is 0.119 e. The van der Waals surface area contributed by atoms with Crippen LogP contribution in [0.25, 0.3) is 0 Å². The third-order valence-corrected chi connectivity index (χ3v) is 3.47. The maximum Gasteiger partial charge on any atom is 0.119 e. The molecule has 0 atom stereocenters. The van der Waals surface area contributed by atoms with E-state index in [0.717, 1.165) is 22.6 Å². The summed E-state index contributed by atoms with van der Waals surface area (Å²) in [6.45, 7) is 5.28. The second kappa shape index (κ2) is 7.20. The second-order valence-electron chi connectivity index (χ2n) is 4.37. The first-order chi connectivity index (χ1) is 9.74. The fraction of sp³-hybridized carbons (Fsp3) is 0.294. The zero-order valence-corrected chi connectivity index (χ0v) is 12.6. The van der Waals surface area contributed by atoms with Gasteiger partial charge in [0, 0.05) is 0 Å². The molecule has 0 amide bonds. The Morgan fingerprint density at radius 1 is 0.750 bits per heavy atom. The third kappa shape index (κ3) is 3.67. The summed E-state index contributed by atoms with van der Waals surface area (Å²) in [5, 5.41) is -0.165. The minimum absolute atomic E-state index is 0.165. The molecular weight excluding hydrogens is 272 g/mol. The molecule has 0 aliphatic heterocycles. The van der Waals surface area contributed by atoms with Gasteiger partial charge in [0.05, 0.1) is 18.6 Å². The van der Waals surface area contributed by atoms with Gasteiger partial charge in [0.1, 0.15) is 11.5 Å². The minimum Gasteiger partial charge on any atom is -0.494 e. The molecule has 2 nitrogen and oxygen atoms in total. The van der Waals surface area contributed by atoms with Gasteiger partial charge in [0.15, 0.2) is 0 Å². The summed E-state index contributed by atoms with van der Waals surface area (Å²) in [6, 6.07) is 15.8. The molecule has 0 aliphatic carbocycles. The molecule has 0 aliphatic rings. The van der Waals surface area contributed by atoms with E-state index in [1.165, 1.54) is 0 Å². The Kier molecular flexibility index (Phi) is 5.31. The molecule has 0 heterocycles. The quantitative estimate of drug-likeness (QED) is 0.711. The number of ether oxygens (including phenoxy) is 2. The molecule has 106 valence electrons. The van der Waals surface area contributed by atoms with Crippen LogP contribution in [-0.2, 0) is 0 Å². The highest BCUT2D eigenvalue weighted by atomic mass is 35.5. The van der Waals surface area contributed by atoms with Gasteiger partial charge in [0.25, 0.3) is 0 Å². The molecule has 0 radical (unpaired) electrons. The fourth-order valence-electron chi connectivity index (χ4n) is 1.99. The number of hydrogen-bond donors (Lipinski definition) is 0. The Labute approximate surface area is 125 Å². The van der Waals surface area contributed by atoms with Crippen LogP contribution in [0.5, 0.6) is 11.5 Å². The zero-order valence-electron chi connectivity index (χ0n) is 11.8. The van der Waals surface area contributed by atoms with E-state index in [-0.39, 0.29) is 5.38 Å². The Morgan fingerprint density at radius 3 is 1.40 bits per heavy atom. The van der Waals surface area contributed by atoms with E-state index in [1.807, 2.05) is 62.4 Å². The molecule has 20 heavy (non-hydrogen) atoms. The molecule has 2 rings (SSSR count). The summed E-state index contributed by atoms with van der Waals surface area (Å²) >= 11 is 6.51. The topological polar surface area (TPSA) is 18.5 Å². The van der Waals surface area contributed by atoms with Crippen LogP contribution in [0.1, 0.15) is 30.4 Å².